The molecule has 7 heteroatoms. The summed E-state index contributed by atoms with van der Waals surface area (Å²) < 4.78 is 0. The van der Waals surface area contributed by atoms with E-state index in [9.17, 15) is 0 Å². The Hall–Kier alpha value is -5.30. The Morgan fingerprint density at radius 1 is 0.442 bits per heavy atom. The summed E-state index contributed by atoms with van der Waals surface area (Å²) in [6, 6.07) is 19.6. The zero-order valence-electron chi connectivity index (χ0n) is 24.2. The van der Waals surface area contributed by atoms with Crippen LogP contribution in [-0.4, -0.2) is 29.9 Å². The number of hydrogen-bond donors (Lipinski definition) is 0. The van der Waals surface area contributed by atoms with Crippen molar-refractivity contribution in [2.24, 2.45) is 0 Å². The fourth-order valence-electron chi connectivity index (χ4n) is 6.83. The molecule has 0 spiro atoms. The summed E-state index contributed by atoms with van der Waals surface area (Å²) in [5.74, 6) is 1.42. The number of benzene rings is 3. The molecule has 3 aromatic carbocycles. The normalized spacial score (nSPS) is 13.2. The van der Waals surface area contributed by atoms with Gasteiger partial charge in [0.25, 0.3) is 0 Å². The predicted octanol–water partition coefficient (Wildman–Crippen LogP) is 7.17. The molecule has 0 unspecified atom stereocenters. The Balaban J connectivity index is 1.17. The number of aryl methyl sites for hydroxylation is 3. The molecular formula is C36H27N7. The van der Waals surface area contributed by atoms with E-state index in [2.05, 4.69) is 75.4 Å². The van der Waals surface area contributed by atoms with E-state index in [4.69, 9.17) is 29.9 Å². The molecule has 0 radical (unpaired) electrons. The van der Waals surface area contributed by atoms with Crippen molar-refractivity contribution in [3.05, 3.63) is 124 Å². The summed E-state index contributed by atoms with van der Waals surface area (Å²) in [5.41, 5.74) is 17.3. The van der Waals surface area contributed by atoms with E-state index in [1.54, 1.807) is 0 Å². The van der Waals surface area contributed by atoms with Crippen molar-refractivity contribution in [3.63, 3.8) is 0 Å². The predicted molar refractivity (Wildman–Crippen MR) is 167 cm³/mol. The van der Waals surface area contributed by atoms with Gasteiger partial charge in [0.05, 0.1) is 17.1 Å². The topological polar surface area (TPSA) is 80.6 Å². The lowest BCUT2D eigenvalue weighted by atomic mass is 10.1. The van der Waals surface area contributed by atoms with Gasteiger partial charge in [0.2, 0.25) is 17.8 Å². The van der Waals surface area contributed by atoms with Crippen molar-refractivity contribution in [2.75, 3.05) is 4.90 Å². The van der Waals surface area contributed by atoms with Crippen LogP contribution >= 0.6 is 0 Å². The van der Waals surface area contributed by atoms with Gasteiger partial charge < -0.3 is 0 Å². The molecule has 3 heterocycles. The van der Waals surface area contributed by atoms with Crippen molar-refractivity contribution in [2.45, 2.75) is 40.0 Å². The molecule has 0 bridgehead atoms. The van der Waals surface area contributed by atoms with E-state index in [0.717, 1.165) is 53.0 Å². The maximum absolute atomic E-state index is 5.09. The van der Waals surface area contributed by atoms with Crippen LogP contribution in [0.25, 0.3) is 33.4 Å². The highest BCUT2D eigenvalue weighted by atomic mass is 15.4. The Labute approximate surface area is 249 Å². The molecule has 0 atom stereocenters. The SMILES string of the molecule is Cc1ccc2c(c1)Cc1nc(N(c3ncc4c(n3)Cc3cc(C)ccc3-4)c3ncc4c(n3)Cc3cc(C)ccc3-4)ncc1-2. The maximum Gasteiger partial charge on any atom is 0.239 e. The van der Waals surface area contributed by atoms with Crippen LogP contribution in [0.1, 0.15) is 50.5 Å². The van der Waals surface area contributed by atoms with Gasteiger partial charge in [-0.15, -0.1) is 0 Å². The van der Waals surface area contributed by atoms with E-state index in [0.29, 0.717) is 17.8 Å². The summed E-state index contributed by atoms with van der Waals surface area (Å²) in [4.78, 5) is 31.7. The third-order valence-electron chi connectivity index (χ3n) is 8.89. The van der Waals surface area contributed by atoms with E-state index in [-0.39, 0.29) is 0 Å². The minimum absolute atomic E-state index is 0.473. The summed E-state index contributed by atoms with van der Waals surface area (Å²) in [6.45, 7) is 6.37. The van der Waals surface area contributed by atoms with E-state index < -0.39 is 0 Å². The molecule has 0 N–H and O–H groups in total. The van der Waals surface area contributed by atoms with Gasteiger partial charge in [-0.3, -0.25) is 0 Å². The van der Waals surface area contributed by atoms with Crippen LogP contribution in [0, 0.1) is 20.8 Å². The maximum atomic E-state index is 5.09. The van der Waals surface area contributed by atoms with Gasteiger partial charge in [-0.2, -0.15) is 0 Å². The van der Waals surface area contributed by atoms with E-state index in [1.807, 2.05) is 23.5 Å². The van der Waals surface area contributed by atoms with Crippen LogP contribution in [0.4, 0.5) is 17.8 Å². The van der Waals surface area contributed by atoms with Gasteiger partial charge in [-0.1, -0.05) is 71.3 Å². The summed E-state index contributed by atoms with van der Waals surface area (Å²) >= 11 is 0. The minimum Gasteiger partial charge on any atom is -0.220 e. The van der Waals surface area contributed by atoms with Crippen LogP contribution in [-0.2, 0) is 19.3 Å². The molecule has 0 aliphatic heterocycles. The third kappa shape index (κ3) is 3.74. The fourth-order valence-corrected chi connectivity index (χ4v) is 6.83. The van der Waals surface area contributed by atoms with E-state index >= 15 is 0 Å². The van der Waals surface area contributed by atoms with Crippen LogP contribution in [0.3, 0.4) is 0 Å². The number of anilines is 3. The molecule has 0 saturated heterocycles. The first-order valence-corrected chi connectivity index (χ1v) is 14.7. The molecule has 6 aromatic rings. The van der Waals surface area contributed by atoms with Gasteiger partial charge in [-0.05, 0) is 54.2 Å². The Bertz CT molecular complexity index is 1920. The van der Waals surface area contributed by atoms with Gasteiger partial charge in [0, 0.05) is 54.5 Å². The number of aromatic nitrogens is 6. The first-order valence-electron chi connectivity index (χ1n) is 14.7. The largest absolute Gasteiger partial charge is 0.239 e. The second-order valence-electron chi connectivity index (χ2n) is 11.9. The number of hydrogen-bond acceptors (Lipinski definition) is 7. The second kappa shape index (κ2) is 8.85. The summed E-state index contributed by atoms with van der Waals surface area (Å²) in [7, 11) is 0. The van der Waals surface area contributed by atoms with Gasteiger partial charge >= 0.3 is 0 Å². The fraction of sp³-hybridized carbons (Fsp3) is 0.167. The van der Waals surface area contributed by atoms with Crippen molar-refractivity contribution in [1.82, 2.24) is 29.9 Å². The Kier molecular flexibility index (Phi) is 5.00. The Morgan fingerprint density at radius 2 is 0.767 bits per heavy atom. The molecule has 43 heavy (non-hydrogen) atoms. The molecule has 206 valence electrons. The summed E-state index contributed by atoms with van der Waals surface area (Å²) in [5, 5.41) is 0. The molecule has 0 saturated carbocycles. The number of fused-ring (bicyclic) bond motifs is 9. The summed E-state index contributed by atoms with van der Waals surface area (Å²) in [6.07, 6.45) is 8.04. The molecule has 0 fully saturated rings. The van der Waals surface area contributed by atoms with E-state index in [1.165, 1.54) is 50.1 Å². The highest BCUT2D eigenvalue weighted by Gasteiger charge is 2.30. The lowest BCUT2D eigenvalue weighted by molar-refractivity contribution is 0.920. The van der Waals surface area contributed by atoms with Gasteiger partial charge in [0.15, 0.2) is 0 Å². The third-order valence-corrected chi connectivity index (χ3v) is 8.89. The van der Waals surface area contributed by atoms with Crippen LogP contribution in [0.2, 0.25) is 0 Å². The highest BCUT2D eigenvalue weighted by Crippen LogP contribution is 2.41. The number of rotatable bonds is 3. The van der Waals surface area contributed by atoms with Gasteiger partial charge in [0.1, 0.15) is 0 Å². The lowest BCUT2D eigenvalue weighted by Crippen LogP contribution is -2.20. The minimum atomic E-state index is 0.473. The van der Waals surface area contributed by atoms with Crippen molar-refractivity contribution < 1.29 is 0 Å². The average molecular weight is 558 g/mol. The first kappa shape index (κ1) is 24.3. The van der Waals surface area contributed by atoms with Gasteiger partial charge in [-0.25, -0.2) is 34.8 Å². The molecule has 9 rings (SSSR count). The zero-order chi connectivity index (χ0) is 28.8. The molecule has 0 amide bonds. The van der Waals surface area contributed by atoms with Crippen molar-refractivity contribution in [1.29, 1.82) is 0 Å². The number of nitrogens with zero attached hydrogens (tertiary/aromatic N) is 7. The average Bonchev–Trinajstić information content (AvgIpc) is 3.65. The molecule has 3 aliphatic carbocycles. The smallest absolute Gasteiger partial charge is 0.220 e. The molecular weight excluding hydrogens is 530 g/mol. The molecule has 3 aliphatic rings. The molecule has 7 nitrogen and oxygen atoms in total. The highest BCUT2D eigenvalue weighted by molar-refractivity contribution is 5.79. The van der Waals surface area contributed by atoms with Crippen LogP contribution in [0.5, 0.6) is 0 Å². The monoisotopic (exact) mass is 557 g/mol. The van der Waals surface area contributed by atoms with Crippen LogP contribution in [0.15, 0.2) is 73.2 Å². The standard InChI is InChI=1S/C36H27N7/c1-19-4-7-25-22(10-19)13-31-28(25)16-37-34(40-31)43(35-38-17-29-26-8-5-20(2)11-23(26)14-32(29)41-35)36-39-18-30-27-9-6-21(3)12-24(27)15-33(30)42-36/h4-12,16-18H,13-15H2,1-3H3. The van der Waals surface area contributed by atoms with Crippen LogP contribution < -0.4 is 4.90 Å². The second-order valence-corrected chi connectivity index (χ2v) is 11.9. The Morgan fingerprint density at radius 3 is 1.09 bits per heavy atom. The first-order chi connectivity index (χ1) is 21.0. The quantitative estimate of drug-likeness (QED) is 0.228. The van der Waals surface area contributed by atoms with Crippen molar-refractivity contribution in [3.8, 4) is 33.4 Å². The molecule has 3 aromatic heterocycles. The zero-order valence-corrected chi connectivity index (χ0v) is 24.2. The van der Waals surface area contributed by atoms with Crippen molar-refractivity contribution >= 4 is 17.8 Å². The lowest BCUT2D eigenvalue weighted by Gasteiger charge is -2.20.